The van der Waals surface area contributed by atoms with Crippen molar-refractivity contribution in [2.24, 2.45) is 5.92 Å². The van der Waals surface area contributed by atoms with Crippen molar-refractivity contribution >= 4 is 22.8 Å². The molecule has 1 saturated heterocycles. The van der Waals surface area contributed by atoms with Crippen molar-refractivity contribution in [2.45, 2.75) is 39.2 Å². The quantitative estimate of drug-likeness (QED) is 0.944. The molecule has 0 aliphatic carbocycles. The first-order valence-corrected chi connectivity index (χ1v) is 7.75. The fourth-order valence-corrected chi connectivity index (χ4v) is 3.11. The Hall–Kier alpha value is -1.13. The third-order valence-electron chi connectivity index (χ3n) is 3.94. The van der Waals surface area contributed by atoms with Crippen LogP contribution in [0.2, 0.25) is 5.02 Å². The monoisotopic (exact) mass is 292 g/mol. The summed E-state index contributed by atoms with van der Waals surface area (Å²) >= 11 is 6.03. The van der Waals surface area contributed by atoms with Gasteiger partial charge < -0.3 is 9.88 Å². The third-order valence-corrected chi connectivity index (χ3v) is 4.14. The van der Waals surface area contributed by atoms with Gasteiger partial charge in [-0.1, -0.05) is 25.4 Å². The smallest absolute Gasteiger partial charge is 0.160 e. The van der Waals surface area contributed by atoms with Crippen LogP contribution < -0.4 is 5.32 Å². The number of hydrogen-bond acceptors (Lipinski definition) is 3. The number of fused-ring (bicyclic) bond motifs is 1. The van der Waals surface area contributed by atoms with Crippen molar-refractivity contribution in [1.29, 1.82) is 0 Å². The van der Waals surface area contributed by atoms with E-state index < -0.39 is 0 Å². The van der Waals surface area contributed by atoms with Gasteiger partial charge in [0, 0.05) is 18.7 Å². The second-order valence-electron chi connectivity index (χ2n) is 5.94. The second-order valence-corrected chi connectivity index (χ2v) is 6.38. The van der Waals surface area contributed by atoms with E-state index in [4.69, 9.17) is 16.6 Å². The predicted molar refractivity (Wildman–Crippen MR) is 82.2 cm³/mol. The first-order chi connectivity index (χ1) is 9.65. The number of nitrogens with one attached hydrogen (secondary N) is 1. The lowest BCUT2D eigenvalue weighted by Gasteiger charge is -2.24. The van der Waals surface area contributed by atoms with Crippen molar-refractivity contribution < 1.29 is 0 Å². The molecule has 1 fully saturated rings. The van der Waals surface area contributed by atoms with Crippen LogP contribution in [0.15, 0.2) is 12.3 Å². The molecule has 0 spiro atoms. The van der Waals surface area contributed by atoms with Crippen molar-refractivity contribution in [1.82, 2.24) is 19.9 Å². The van der Waals surface area contributed by atoms with Crippen molar-refractivity contribution in [3.8, 4) is 0 Å². The number of hydrogen-bond donors (Lipinski definition) is 1. The summed E-state index contributed by atoms with van der Waals surface area (Å²) in [7, 11) is 0. The van der Waals surface area contributed by atoms with Crippen LogP contribution in [0.5, 0.6) is 0 Å². The molecule has 1 unspecified atom stereocenters. The zero-order chi connectivity index (χ0) is 14.1. The highest BCUT2D eigenvalue weighted by molar-refractivity contribution is 6.31. The number of rotatable bonds is 3. The normalized spacial score (nSPS) is 19.9. The molecule has 0 amide bonds. The molecule has 2 aromatic heterocycles. The maximum atomic E-state index is 6.03. The summed E-state index contributed by atoms with van der Waals surface area (Å²) in [5.41, 5.74) is 1.87. The summed E-state index contributed by atoms with van der Waals surface area (Å²) in [4.78, 5) is 9.23. The van der Waals surface area contributed by atoms with Gasteiger partial charge in [-0.25, -0.2) is 9.97 Å². The van der Waals surface area contributed by atoms with Crippen molar-refractivity contribution in [3.05, 3.63) is 23.1 Å². The number of imidazole rings is 1. The average molecular weight is 293 g/mol. The molecule has 20 heavy (non-hydrogen) atoms. The molecule has 0 radical (unpaired) electrons. The van der Waals surface area contributed by atoms with Gasteiger partial charge >= 0.3 is 0 Å². The molecule has 0 bridgehead atoms. The van der Waals surface area contributed by atoms with E-state index in [0.717, 1.165) is 36.6 Å². The minimum Gasteiger partial charge on any atom is -0.316 e. The van der Waals surface area contributed by atoms with Crippen LogP contribution >= 0.6 is 11.6 Å². The Morgan fingerprint density at radius 2 is 2.35 bits per heavy atom. The maximum absolute atomic E-state index is 6.03. The summed E-state index contributed by atoms with van der Waals surface area (Å²) in [5, 5.41) is 4.13. The Labute approximate surface area is 124 Å². The van der Waals surface area contributed by atoms with Gasteiger partial charge in [-0.2, -0.15) is 0 Å². The highest BCUT2D eigenvalue weighted by Crippen LogP contribution is 2.25. The standard InChI is InChI=1S/C15H21ClN4/c1-10(2)14-19-13-6-12(16)8-18-15(13)20(14)9-11-4-3-5-17-7-11/h6,8,10-11,17H,3-5,7,9H2,1-2H3. The van der Waals surface area contributed by atoms with Gasteiger partial charge in [0.25, 0.3) is 0 Å². The van der Waals surface area contributed by atoms with Gasteiger partial charge in [0.05, 0.1) is 5.02 Å². The van der Waals surface area contributed by atoms with E-state index in [1.807, 2.05) is 6.07 Å². The molecule has 1 aliphatic rings. The number of pyridine rings is 1. The van der Waals surface area contributed by atoms with E-state index in [2.05, 4.69) is 28.7 Å². The molecule has 1 N–H and O–H groups in total. The lowest BCUT2D eigenvalue weighted by molar-refractivity contribution is 0.335. The Morgan fingerprint density at radius 3 is 3.05 bits per heavy atom. The van der Waals surface area contributed by atoms with Crippen LogP contribution in [0.1, 0.15) is 38.4 Å². The zero-order valence-electron chi connectivity index (χ0n) is 12.1. The number of piperidine rings is 1. The zero-order valence-corrected chi connectivity index (χ0v) is 12.8. The Balaban J connectivity index is 1.99. The molecule has 4 nitrogen and oxygen atoms in total. The van der Waals surface area contributed by atoms with Crippen LogP contribution in [0, 0.1) is 5.92 Å². The second kappa shape index (κ2) is 5.70. The Bertz CT molecular complexity index is 599. The van der Waals surface area contributed by atoms with Crippen LogP contribution in [-0.2, 0) is 6.54 Å². The molecule has 1 atom stereocenters. The van der Waals surface area contributed by atoms with Crippen molar-refractivity contribution in [2.75, 3.05) is 13.1 Å². The van der Waals surface area contributed by atoms with Gasteiger partial charge in [-0.3, -0.25) is 0 Å². The minimum absolute atomic E-state index is 0.388. The molecular weight excluding hydrogens is 272 g/mol. The molecule has 1 aliphatic heterocycles. The largest absolute Gasteiger partial charge is 0.316 e. The molecule has 108 valence electrons. The molecule has 5 heteroatoms. The number of aromatic nitrogens is 3. The minimum atomic E-state index is 0.388. The average Bonchev–Trinajstić information content (AvgIpc) is 2.78. The maximum Gasteiger partial charge on any atom is 0.160 e. The van der Waals surface area contributed by atoms with Crippen LogP contribution in [0.3, 0.4) is 0 Å². The van der Waals surface area contributed by atoms with E-state index in [9.17, 15) is 0 Å². The summed E-state index contributed by atoms with van der Waals surface area (Å²) < 4.78 is 2.29. The van der Waals surface area contributed by atoms with Crippen LogP contribution in [0.25, 0.3) is 11.2 Å². The summed E-state index contributed by atoms with van der Waals surface area (Å²) in [6.45, 7) is 7.58. The molecular formula is C15H21ClN4. The summed E-state index contributed by atoms with van der Waals surface area (Å²) in [5.74, 6) is 2.16. The van der Waals surface area contributed by atoms with E-state index in [1.165, 1.54) is 12.8 Å². The molecule has 0 aromatic carbocycles. The molecule has 0 saturated carbocycles. The van der Waals surface area contributed by atoms with Gasteiger partial charge in [0.2, 0.25) is 0 Å². The van der Waals surface area contributed by atoms with Gasteiger partial charge in [-0.05, 0) is 37.9 Å². The van der Waals surface area contributed by atoms with Crippen LogP contribution in [0.4, 0.5) is 0 Å². The van der Waals surface area contributed by atoms with E-state index in [-0.39, 0.29) is 0 Å². The highest BCUT2D eigenvalue weighted by atomic mass is 35.5. The van der Waals surface area contributed by atoms with E-state index >= 15 is 0 Å². The SMILES string of the molecule is CC(C)c1nc2cc(Cl)cnc2n1CC1CCCNC1. The Kier molecular flexibility index (Phi) is 3.94. The first-order valence-electron chi connectivity index (χ1n) is 7.37. The fraction of sp³-hybridized carbons (Fsp3) is 0.600. The van der Waals surface area contributed by atoms with Gasteiger partial charge in [0.1, 0.15) is 11.3 Å². The van der Waals surface area contributed by atoms with Crippen LogP contribution in [-0.4, -0.2) is 27.6 Å². The molecule has 2 aromatic rings. The lowest BCUT2D eigenvalue weighted by atomic mass is 9.99. The lowest BCUT2D eigenvalue weighted by Crippen LogP contribution is -2.32. The highest BCUT2D eigenvalue weighted by Gasteiger charge is 2.20. The Morgan fingerprint density at radius 1 is 1.50 bits per heavy atom. The third kappa shape index (κ3) is 2.67. The van der Waals surface area contributed by atoms with E-state index in [0.29, 0.717) is 16.9 Å². The first kappa shape index (κ1) is 13.8. The van der Waals surface area contributed by atoms with Crippen molar-refractivity contribution in [3.63, 3.8) is 0 Å². The topological polar surface area (TPSA) is 42.7 Å². The molecule has 3 rings (SSSR count). The number of halogens is 1. The fourth-order valence-electron chi connectivity index (χ4n) is 2.96. The predicted octanol–water partition coefficient (Wildman–Crippen LogP) is 3.21. The molecule has 3 heterocycles. The summed E-state index contributed by atoms with van der Waals surface area (Å²) in [6.07, 6.45) is 4.25. The van der Waals surface area contributed by atoms with E-state index in [1.54, 1.807) is 6.20 Å². The summed E-state index contributed by atoms with van der Waals surface area (Å²) in [6, 6.07) is 1.91. The van der Waals surface area contributed by atoms with Gasteiger partial charge in [0.15, 0.2) is 5.65 Å². The van der Waals surface area contributed by atoms with Gasteiger partial charge in [-0.15, -0.1) is 0 Å². The number of nitrogens with zero attached hydrogens (tertiary/aromatic N) is 3.